The lowest BCUT2D eigenvalue weighted by atomic mass is 9.97. The van der Waals surface area contributed by atoms with Gasteiger partial charge < -0.3 is 34.1 Å². The Morgan fingerprint density at radius 2 is 1.80 bits per heavy atom. The maximum atomic E-state index is 13.7. The van der Waals surface area contributed by atoms with E-state index < -0.39 is 17.1 Å². The Hall–Kier alpha value is -4.18. The Bertz CT molecular complexity index is 1670. The molecule has 2 N–H and O–H groups in total. The summed E-state index contributed by atoms with van der Waals surface area (Å²) in [7, 11) is 2.74. The number of fused-ring (bicyclic) bond motifs is 3. The highest BCUT2D eigenvalue weighted by Crippen LogP contribution is 2.42. The summed E-state index contributed by atoms with van der Waals surface area (Å²) in [5, 5.41) is 6.60. The minimum Gasteiger partial charge on any atom is -0.495 e. The van der Waals surface area contributed by atoms with Crippen molar-refractivity contribution in [2.45, 2.75) is 80.7 Å². The van der Waals surface area contributed by atoms with Gasteiger partial charge in [0.2, 0.25) is 0 Å². The molecule has 2 aromatic heterocycles. The average Bonchev–Trinajstić information content (AvgIpc) is 3.51. The molecule has 3 aromatic rings. The molecule has 0 radical (unpaired) electrons. The predicted molar refractivity (Wildman–Crippen MR) is 171 cm³/mol. The van der Waals surface area contributed by atoms with E-state index in [1.54, 1.807) is 30.5 Å². The third kappa shape index (κ3) is 7.44. The molecule has 0 unspecified atom stereocenters. The Labute approximate surface area is 270 Å². The minimum atomic E-state index is -4.53. The number of methoxy groups -OCH3 is 2. The smallest absolute Gasteiger partial charge is 0.447 e. The van der Waals surface area contributed by atoms with Gasteiger partial charge in [-0.3, -0.25) is 0 Å². The highest BCUT2D eigenvalue weighted by Gasteiger charge is 2.46. The summed E-state index contributed by atoms with van der Waals surface area (Å²) in [6.45, 7) is 5.63. The normalized spacial score (nSPS) is 19.3. The van der Waals surface area contributed by atoms with E-state index in [1.807, 2.05) is 31.7 Å². The van der Waals surface area contributed by atoms with Gasteiger partial charge in [-0.1, -0.05) is 11.8 Å². The number of hydrogen-bond donors (Lipinski definition) is 2. The molecule has 2 saturated heterocycles. The SMILES string of the molecule is COC(=O)c1ccc(NCC#Cc2cc3c(N[C@@H]4CC[C@@H]5CC[C@H]4N5C(=O)OC(C)(C)C)cccn3c2SC(F)(F)F)c(OC)c1. The molecule has 246 valence electrons. The van der Waals surface area contributed by atoms with E-state index in [-0.39, 0.29) is 53.1 Å². The van der Waals surface area contributed by atoms with E-state index in [2.05, 4.69) is 22.5 Å². The number of rotatable bonds is 7. The number of carbonyl (C=O) groups excluding carboxylic acids is 2. The standard InChI is InChI=1S/C33H37F3N4O5S/c1-32(2,3)45-31(42)40-22-11-14-24(26(40)15-12-22)38-23-9-7-17-39-27(23)18-20(29(39)46-33(34,35)36)8-6-16-37-25-13-10-21(30(41)44-5)19-28(25)43-4/h7,9-10,13,17-19,22,24,26,37-38H,11-12,14-16H2,1-5H3/t22-,24-,26-/m1/s1. The van der Waals surface area contributed by atoms with Gasteiger partial charge in [-0.2, -0.15) is 13.2 Å². The van der Waals surface area contributed by atoms with Crippen molar-refractivity contribution in [3.63, 3.8) is 0 Å². The molecule has 13 heteroatoms. The molecule has 2 aliphatic heterocycles. The van der Waals surface area contributed by atoms with Crippen LogP contribution in [-0.4, -0.2) is 71.4 Å². The zero-order valence-corrected chi connectivity index (χ0v) is 27.1. The molecule has 2 bridgehead atoms. The average molecular weight is 659 g/mol. The Kier molecular flexibility index (Phi) is 9.58. The zero-order chi connectivity index (χ0) is 33.2. The molecule has 5 rings (SSSR count). The molecule has 2 fully saturated rings. The lowest BCUT2D eigenvalue weighted by Crippen LogP contribution is -2.54. The highest BCUT2D eigenvalue weighted by molar-refractivity contribution is 8.00. The van der Waals surface area contributed by atoms with Gasteiger partial charge >= 0.3 is 17.6 Å². The van der Waals surface area contributed by atoms with E-state index in [4.69, 9.17) is 14.2 Å². The number of alkyl halides is 3. The number of aromatic nitrogens is 1. The lowest BCUT2D eigenvalue weighted by Gasteiger charge is -2.41. The molecule has 46 heavy (non-hydrogen) atoms. The van der Waals surface area contributed by atoms with Crippen LogP contribution < -0.4 is 15.4 Å². The number of amides is 1. The van der Waals surface area contributed by atoms with Crippen LogP contribution in [0.1, 0.15) is 62.4 Å². The molecule has 0 aliphatic carbocycles. The maximum absolute atomic E-state index is 13.7. The van der Waals surface area contributed by atoms with Crippen LogP contribution in [0.25, 0.3) is 5.52 Å². The van der Waals surface area contributed by atoms with Crippen LogP contribution in [0.15, 0.2) is 47.6 Å². The predicted octanol–water partition coefficient (Wildman–Crippen LogP) is 7.15. The van der Waals surface area contributed by atoms with Crippen molar-refractivity contribution in [3.05, 3.63) is 53.7 Å². The Balaban J connectivity index is 1.39. The maximum Gasteiger partial charge on any atom is 0.447 e. The molecule has 1 amide bonds. The number of hydrogen-bond acceptors (Lipinski definition) is 8. The molecule has 0 spiro atoms. The van der Waals surface area contributed by atoms with Crippen molar-refractivity contribution < 1.29 is 37.0 Å². The molecular formula is C33H37F3N4O5S. The summed E-state index contributed by atoms with van der Waals surface area (Å²) < 4.78 is 58.5. The molecule has 1 aromatic carbocycles. The number of nitrogens with zero attached hydrogens (tertiary/aromatic N) is 2. The highest BCUT2D eigenvalue weighted by atomic mass is 32.2. The van der Waals surface area contributed by atoms with E-state index in [0.29, 0.717) is 28.2 Å². The summed E-state index contributed by atoms with van der Waals surface area (Å²) in [4.78, 5) is 26.8. The molecule has 0 saturated carbocycles. The number of ether oxygens (including phenoxy) is 3. The number of halogens is 3. The van der Waals surface area contributed by atoms with Crippen molar-refractivity contribution in [1.29, 1.82) is 0 Å². The second kappa shape index (κ2) is 13.3. The fraction of sp³-hybridized carbons (Fsp3) is 0.455. The monoisotopic (exact) mass is 658 g/mol. The quantitative estimate of drug-likeness (QED) is 0.157. The second-order valence-electron chi connectivity index (χ2n) is 12.2. The summed E-state index contributed by atoms with van der Waals surface area (Å²) in [6, 6.07) is 9.87. The lowest BCUT2D eigenvalue weighted by molar-refractivity contribution is -0.0330. The van der Waals surface area contributed by atoms with Gasteiger partial charge in [0, 0.05) is 30.0 Å². The number of nitrogens with one attached hydrogen (secondary N) is 2. The van der Waals surface area contributed by atoms with Crippen LogP contribution in [0.4, 0.5) is 29.3 Å². The van der Waals surface area contributed by atoms with E-state index in [1.165, 1.54) is 24.7 Å². The number of esters is 1. The van der Waals surface area contributed by atoms with Crippen LogP contribution in [0.2, 0.25) is 0 Å². The largest absolute Gasteiger partial charge is 0.495 e. The number of thioether (sulfide) groups is 1. The van der Waals surface area contributed by atoms with Gasteiger partial charge in [-0.15, -0.1) is 0 Å². The van der Waals surface area contributed by atoms with E-state index >= 15 is 0 Å². The Morgan fingerprint density at radius 1 is 1.04 bits per heavy atom. The van der Waals surface area contributed by atoms with Crippen molar-refractivity contribution in [3.8, 4) is 17.6 Å². The molecule has 3 atom stereocenters. The first kappa shape index (κ1) is 33.2. The van der Waals surface area contributed by atoms with E-state index in [0.717, 1.165) is 25.7 Å². The summed E-state index contributed by atoms with van der Waals surface area (Å²) >= 11 is -0.214. The van der Waals surface area contributed by atoms with Gasteiger partial charge in [-0.05, 0) is 82.9 Å². The van der Waals surface area contributed by atoms with Crippen LogP contribution in [0.3, 0.4) is 0 Å². The first-order valence-corrected chi connectivity index (χ1v) is 15.8. The van der Waals surface area contributed by atoms with E-state index in [9.17, 15) is 22.8 Å². The van der Waals surface area contributed by atoms with Gasteiger partial charge in [0.25, 0.3) is 0 Å². The number of piperidine rings is 1. The molecule has 2 aliphatic rings. The third-order valence-electron chi connectivity index (χ3n) is 7.96. The van der Waals surface area contributed by atoms with Crippen molar-refractivity contribution in [1.82, 2.24) is 9.30 Å². The summed E-state index contributed by atoms with van der Waals surface area (Å²) in [6.07, 6.45) is 4.60. The van der Waals surface area contributed by atoms with Gasteiger partial charge in [0.1, 0.15) is 16.4 Å². The number of carbonyl (C=O) groups is 2. The molecule has 4 heterocycles. The van der Waals surface area contributed by atoms with Crippen molar-refractivity contribution >= 4 is 40.7 Å². The first-order chi connectivity index (χ1) is 21.8. The first-order valence-electron chi connectivity index (χ1n) is 14.9. The number of anilines is 2. The summed E-state index contributed by atoms with van der Waals surface area (Å²) in [5.74, 6) is 5.71. The minimum absolute atomic E-state index is 0.0429. The fourth-order valence-electron chi connectivity index (χ4n) is 6.08. The van der Waals surface area contributed by atoms with Crippen molar-refractivity contribution in [2.24, 2.45) is 0 Å². The second-order valence-corrected chi connectivity index (χ2v) is 13.2. The van der Waals surface area contributed by atoms with Gasteiger partial charge in [0.15, 0.2) is 0 Å². The summed E-state index contributed by atoms with van der Waals surface area (Å²) in [5.41, 5.74) is -2.83. The van der Waals surface area contributed by atoms with Crippen LogP contribution in [-0.2, 0) is 9.47 Å². The fourth-order valence-corrected chi connectivity index (χ4v) is 6.78. The van der Waals surface area contributed by atoms with Crippen LogP contribution in [0, 0.1) is 11.8 Å². The van der Waals surface area contributed by atoms with Crippen LogP contribution >= 0.6 is 11.8 Å². The van der Waals surface area contributed by atoms with Crippen LogP contribution in [0.5, 0.6) is 5.75 Å². The van der Waals surface area contributed by atoms with Gasteiger partial charge in [0.05, 0.1) is 54.8 Å². The van der Waals surface area contributed by atoms with Gasteiger partial charge in [-0.25, -0.2) is 9.59 Å². The topological polar surface area (TPSA) is 93.5 Å². The number of benzene rings is 1. The Morgan fingerprint density at radius 3 is 2.50 bits per heavy atom. The molecular weight excluding hydrogens is 621 g/mol. The van der Waals surface area contributed by atoms with Crippen molar-refractivity contribution in [2.75, 3.05) is 31.4 Å². The third-order valence-corrected chi connectivity index (χ3v) is 8.80. The number of pyridine rings is 1. The zero-order valence-electron chi connectivity index (χ0n) is 26.3. The molecule has 9 nitrogen and oxygen atoms in total.